The zero-order valence-corrected chi connectivity index (χ0v) is 10.5. The van der Waals surface area contributed by atoms with Crippen LogP contribution in [0.3, 0.4) is 0 Å². The van der Waals surface area contributed by atoms with Crippen LogP contribution >= 0.6 is 11.3 Å². The van der Waals surface area contributed by atoms with Crippen molar-refractivity contribution >= 4 is 11.3 Å². The van der Waals surface area contributed by atoms with Crippen LogP contribution in [0.25, 0.3) is 0 Å². The number of aromatic nitrogens is 1. The number of aryl methyl sites for hydroxylation is 1. The first kappa shape index (κ1) is 11.1. The van der Waals surface area contributed by atoms with Crippen LogP contribution in [0.4, 0.5) is 0 Å². The fourth-order valence-electron chi connectivity index (χ4n) is 1.94. The molecule has 1 aromatic heterocycles. The molecule has 1 aliphatic rings. The maximum absolute atomic E-state index is 9.58. The van der Waals surface area contributed by atoms with Gasteiger partial charge in [0.25, 0.3) is 0 Å². The van der Waals surface area contributed by atoms with Gasteiger partial charge in [0.1, 0.15) is 0 Å². The molecular formula is C12H19NOS. The molecule has 2 nitrogen and oxygen atoms in total. The van der Waals surface area contributed by atoms with E-state index < -0.39 is 0 Å². The minimum atomic E-state index is -0.138. The molecule has 84 valence electrons. The summed E-state index contributed by atoms with van der Waals surface area (Å²) in [5, 5.41) is 10.8. The predicted octanol–water partition coefficient (Wildman–Crippen LogP) is 2.58. The lowest BCUT2D eigenvalue weighted by Crippen LogP contribution is -2.17. The molecule has 0 aliphatic heterocycles. The van der Waals surface area contributed by atoms with Crippen LogP contribution in [0.2, 0.25) is 0 Å². The van der Waals surface area contributed by atoms with E-state index in [2.05, 4.69) is 25.8 Å². The van der Waals surface area contributed by atoms with Crippen molar-refractivity contribution in [1.82, 2.24) is 4.98 Å². The molecular weight excluding hydrogens is 206 g/mol. The van der Waals surface area contributed by atoms with E-state index >= 15 is 0 Å². The number of aliphatic hydroxyl groups is 1. The molecule has 1 heterocycles. The van der Waals surface area contributed by atoms with E-state index in [1.54, 1.807) is 11.3 Å². The van der Waals surface area contributed by atoms with Gasteiger partial charge in [-0.2, -0.15) is 0 Å². The fourth-order valence-corrected chi connectivity index (χ4v) is 3.43. The van der Waals surface area contributed by atoms with Gasteiger partial charge in [-0.05, 0) is 18.3 Å². The number of thiazole rings is 1. The summed E-state index contributed by atoms with van der Waals surface area (Å²) >= 11 is 1.79. The highest BCUT2D eigenvalue weighted by atomic mass is 32.1. The van der Waals surface area contributed by atoms with E-state index in [4.69, 9.17) is 0 Å². The summed E-state index contributed by atoms with van der Waals surface area (Å²) in [6.45, 7) is 6.71. The van der Waals surface area contributed by atoms with Gasteiger partial charge < -0.3 is 5.11 Å². The van der Waals surface area contributed by atoms with Gasteiger partial charge in [-0.25, -0.2) is 4.98 Å². The number of hydrogen-bond donors (Lipinski definition) is 1. The molecule has 1 aromatic rings. The summed E-state index contributed by atoms with van der Waals surface area (Å²) in [6.07, 6.45) is 3.56. The van der Waals surface area contributed by atoms with Crippen LogP contribution in [0.1, 0.15) is 42.8 Å². The van der Waals surface area contributed by atoms with Gasteiger partial charge in [0.2, 0.25) is 0 Å². The van der Waals surface area contributed by atoms with Crippen molar-refractivity contribution in [1.29, 1.82) is 0 Å². The van der Waals surface area contributed by atoms with E-state index in [1.807, 2.05) is 0 Å². The largest absolute Gasteiger partial charge is 0.393 e. The van der Waals surface area contributed by atoms with Gasteiger partial charge in [-0.15, -0.1) is 11.3 Å². The lowest BCUT2D eigenvalue weighted by Gasteiger charge is -2.15. The minimum absolute atomic E-state index is 0.138. The van der Waals surface area contributed by atoms with Gasteiger partial charge in [-0.3, -0.25) is 0 Å². The Hall–Kier alpha value is -0.410. The van der Waals surface area contributed by atoms with Crippen LogP contribution in [0.5, 0.6) is 0 Å². The van der Waals surface area contributed by atoms with Crippen LogP contribution in [0, 0.1) is 5.41 Å². The van der Waals surface area contributed by atoms with Crippen molar-refractivity contribution < 1.29 is 5.11 Å². The van der Waals surface area contributed by atoms with E-state index in [0.717, 1.165) is 25.7 Å². The average molecular weight is 225 g/mol. The molecule has 1 N–H and O–H groups in total. The van der Waals surface area contributed by atoms with Gasteiger partial charge in [0.05, 0.1) is 16.8 Å². The van der Waals surface area contributed by atoms with Crippen LogP contribution in [0.15, 0.2) is 0 Å². The molecule has 1 aliphatic carbocycles. The van der Waals surface area contributed by atoms with Gasteiger partial charge in [-0.1, -0.05) is 20.8 Å². The van der Waals surface area contributed by atoms with Crippen molar-refractivity contribution in [2.45, 2.75) is 52.6 Å². The van der Waals surface area contributed by atoms with Crippen LogP contribution in [-0.4, -0.2) is 16.2 Å². The van der Waals surface area contributed by atoms with Gasteiger partial charge in [0.15, 0.2) is 0 Å². The molecule has 1 unspecified atom stereocenters. The van der Waals surface area contributed by atoms with Gasteiger partial charge >= 0.3 is 0 Å². The number of fused-ring (bicyclic) bond motifs is 1. The smallest absolute Gasteiger partial charge is 0.0936 e. The lowest BCUT2D eigenvalue weighted by atomic mass is 9.93. The second-order valence-electron chi connectivity index (χ2n) is 5.61. The van der Waals surface area contributed by atoms with E-state index in [0.29, 0.717) is 5.41 Å². The Morgan fingerprint density at radius 3 is 2.87 bits per heavy atom. The summed E-state index contributed by atoms with van der Waals surface area (Å²) in [5.74, 6) is 0. The highest BCUT2D eigenvalue weighted by Gasteiger charge is 2.22. The SMILES string of the molecule is CC(C)(C)Cc1nc2c(s1)CC(O)CC2. The van der Waals surface area contributed by atoms with E-state index in [1.165, 1.54) is 15.6 Å². The van der Waals surface area contributed by atoms with Gasteiger partial charge in [0, 0.05) is 17.7 Å². The molecule has 0 saturated heterocycles. The summed E-state index contributed by atoms with van der Waals surface area (Å²) in [5.41, 5.74) is 1.54. The predicted molar refractivity (Wildman–Crippen MR) is 63.3 cm³/mol. The van der Waals surface area contributed by atoms with Crippen molar-refractivity contribution in [2.75, 3.05) is 0 Å². The second kappa shape index (κ2) is 3.87. The summed E-state index contributed by atoms with van der Waals surface area (Å²) < 4.78 is 0. The maximum atomic E-state index is 9.58. The Kier molecular flexibility index (Phi) is 2.86. The van der Waals surface area contributed by atoms with Crippen molar-refractivity contribution in [2.24, 2.45) is 5.41 Å². The first-order chi connectivity index (χ1) is 6.94. The molecule has 2 rings (SSSR count). The summed E-state index contributed by atoms with van der Waals surface area (Å²) in [6, 6.07) is 0. The standard InChI is InChI=1S/C12H19NOS/c1-12(2,3)7-11-13-9-5-4-8(14)6-10(9)15-11/h8,14H,4-7H2,1-3H3. The quantitative estimate of drug-likeness (QED) is 0.797. The molecule has 15 heavy (non-hydrogen) atoms. The van der Waals surface area contributed by atoms with Crippen LogP contribution < -0.4 is 0 Å². The first-order valence-corrected chi connectivity index (χ1v) is 6.41. The molecule has 0 bridgehead atoms. The minimum Gasteiger partial charge on any atom is -0.393 e. The molecule has 3 heteroatoms. The molecule has 0 radical (unpaired) electrons. The molecule has 0 aromatic carbocycles. The molecule has 0 fully saturated rings. The normalized spacial score (nSPS) is 21.5. The van der Waals surface area contributed by atoms with Crippen LogP contribution in [-0.2, 0) is 19.3 Å². The third kappa shape index (κ3) is 2.79. The van der Waals surface area contributed by atoms with Crippen molar-refractivity contribution in [3.05, 3.63) is 15.6 Å². The lowest BCUT2D eigenvalue weighted by molar-refractivity contribution is 0.159. The third-order valence-electron chi connectivity index (χ3n) is 2.64. The Balaban J connectivity index is 2.16. The summed E-state index contributed by atoms with van der Waals surface area (Å²) in [7, 11) is 0. The topological polar surface area (TPSA) is 33.1 Å². The molecule has 0 amide bonds. The van der Waals surface area contributed by atoms with E-state index in [-0.39, 0.29) is 6.10 Å². The molecule has 0 spiro atoms. The summed E-state index contributed by atoms with van der Waals surface area (Å²) in [4.78, 5) is 5.99. The molecule has 1 atom stereocenters. The average Bonchev–Trinajstić information content (AvgIpc) is 2.42. The Labute approximate surface area is 95.4 Å². The number of aliphatic hydroxyl groups excluding tert-OH is 1. The highest BCUT2D eigenvalue weighted by molar-refractivity contribution is 7.11. The zero-order chi connectivity index (χ0) is 11.1. The third-order valence-corrected chi connectivity index (χ3v) is 3.76. The maximum Gasteiger partial charge on any atom is 0.0936 e. The number of nitrogens with zero attached hydrogens (tertiary/aromatic N) is 1. The number of rotatable bonds is 1. The Morgan fingerprint density at radius 1 is 1.47 bits per heavy atom. The molecule has 0 saturated carbocycles. The highest BCUT2D eigenvalue weighted by Crippen LogP contribution is 2.30. The first-order valence-electron chi connectivity index (χ1n) is 5.59. The Morgan fingerprint density at radius 2 is 2.20 bits per heavy atom. The fraction of sp³-hybridized carbons (Fsp3) is 0.750. The zero-order valence-electron chi connectivity index (χ0n) is 9.71. The number of hydrogen-bond acceptors (Lipinski definition) is 3. The monoisotopic (exact) mass is 225 g/mol. The van der Waals surface area contributed by atoms with E-state index in [9.17, 15) is 5.11 Å². The second-order valence-corrected chi connectivity index (χ2v) is 6.78. The van der Waals surface area contributed by atoms with Crippen molar-refractivity contribution in [3.63, 3.8) is 0 Å². The Bertz CT molecular complexity index is 351. The van der Waals surface area contributed by atoms with Crippen molar-refractivity contribution in [3.8, 4) is 0 Å².